The quantitative estimate of drug-likeness (QED) is 0.627. The first-order chi connectivity index (χ1) is 7.11. The number of carbonyl (C=O) groups excluding carboxylic acids is 1. The number of thioether (sulfide) groups is 1. The van der Waals surface area contributed by atoms with Crippen LogP contribution in [-0.2, 0) is 4.79 Å². The third-order valence-electron chi connectivity index (χ3n) is 2.22. The first kappa shape index (κ1) is 14.8. The second-order valence-corrected chi connectivity index (χ2v) is 5.18. The van der Waals surface area contributed by atoms with Crippen LogP contribution in [-0.4, -0.2) is 29.5 Å². The maximum atomic E-state index is 11.5. The Morgan fingerprint density at radius 3 is 2.60 bits per heavy atom. The Balaban J connectivity index is 3.65. The third-order valence-corrected chi connectivity index (χ3v) is 3.16. The second-order valence-electron chi connectivity index (χ2n) is 3.79. The van der Waals surface area contributed by atoms with Crippen LogP contribution in [0.4, 0.5) is 0 Å². The molecule has 2 atom stereocenters. The van der Waals surface area contributed by atoms with Crippen LogP contribution in [0.15, 0.2) is 0 Å². The Bertz CT molecular complexity index is 176. The number of hydrogen-bond acceptors (Lipinski definition) is 3. The summed E-state index contributed by atoms with van der Waals surface area (Å²) < 4.78 is 0. The molecule has 0 spiro atoms. The number of nitrogens with one attached hydrogen (secondary N) is 1. The molecule has 0 saturated heterocycles. The average Bonchev–Trinajstić information content (AvgIpc) is 2.18. The summed E-state index contributed by atoms with van der Waals surface area (Å²) in [4.78, 5) is 11.5. The van der Waals surface area contributed by atoms with E-state index in [9.17, 15) is 4.79 Å². The van der Waals surface area contributed by atoms with Crippen LogP contribution in [0.1, 0.15) is 40.0 Å². The summed E-state index contributed by atoms with van der Waals surface area (Å²) in [7, 11) is 0. The van der Waals surface area contributed by atoms with Crippen molar-refractivity contribution >= 4 is 17.7 Å². The third kappa shape index (κ3) is 7.68. The van der Waals surface area contributed by atoms with Crippen molar-refractivity contribution in [2.24, 2.45) is 5.73 Å². The lowest BCUT2D eigenvalue weighted by atomic mass is 10.1. The molecular formula is C11H24N2OS. The SMILES string of the molecule is CCCC(N)C(=O)NC(C)CCSCC. The smallest absolute Gasteiger partial charge is 0.237 e. The Kier molecular flexibility index (Phi) is 8.91. The van der Waals surface area contributed by atoms with Crippen LogP contribution < -0.4 is 11.1 Å². The van der Waals surface area contributed by atoms with E-state index in [2.05, 4.69) is 12.2 Å². The minimum atomic E-state index is -0.337. The van der Waals surface area contributed by atoms with E-state index in [0.717, 1.165) is 30.8 Å². The Labute approximate surface area is 97.6 Å². The summed E-state index contributed by atoms with van der Waals surface area (Å²) >= 11 is 1.90. The number of carbonyl (C=O) groups is 1. The molecule has 0 aromatic carbocycles. The summed E-state index contributed by atoms with van der Waals surface area (Å²) in [5, 5.41) is 2.95. The summed E-state index contributed by atoms with van der Waals surface area (Å²) in [6, 6.07) is -0.101. The van der Waals surface area contributed by atoms with Crippen LogP contribution in [0.2, 0.25) is 0 Å². The number of amides is 1. The molecule has 3 N–H and O–H groups in total. The highest BCUT2D eigenvalue weighted by Gasteiger charge is 2.14. The van der Waals surface area contributed by atoms with Gasteiger partial charge < -0.3 is 11.1 Å². The molecule has 0 radical (unpaired) electrons. The number of nitrogens with two attached hydrogens (primary N) is 1. The Hall–Kier alpha value is -0.220. The summed E-state index contributed by atoms with van der Waals surface area (Å²) in [6.07, 6.45) is 2.74. The van der Waals surface area contributed by atoms with E-state index >= 15 is 0 Å². The van der Waals surface area contributed by atoms with Gasteiger partial charge in [-0.2, -0.15) is 11.8 Å². The fourth-order valence-corrected chi connectivity index (χ4v) is 2.08. The molecule has 0 fully saturated rings. The maximum Gasteiger partial charge on any atom is 0.237 e. The normalized spacial score (nSPS) is 14.7. The van der Waals surface area contributed by atoms with Crippen molar-refractivity contribution in [2.75, 3.05) is 11.5 Å². The highest BCUT2D eigenvalue weighted by molar-refractivity contribution is 7.99. The molecule has 0 bridgehead atoms. The fraction of sp³-hybridized carbons (Fsp3) is 0.909. The number of rotatable bonds is 8. The molecule has 0 aromatic heterocycles. The van der Waals surface area contributed by atoms with E-state index in [0.29, 0.717) is 0 Å². The van der Waals surface area contributed by atoms with Gasteiger partial charge in [-0.05, 0) is 31.3 Å². The number of hydrogen-bond donors (Lipinski definition) is 2. The van der Waals surface area contributed by atoms with E-state index in [1.165, 1.54) is 0 Å². The van der Waals surface area contributed by atoms with Gasteiger partial charge in [-0.1, -0.05) is 20.3 Å². The lowest BCUT2D eigenvalue weighted by Crippen LogP contribution is -2.44. The molecule has 0 rings (SSSR count). The van der Waals surface area contributed by atoms with E-state index in [4.69, 9.17) is 5.73 Å². The minimum absolute atomic E-state index is 0.00847. The second kappa shape index (κ2) is 9.04. The largest absolute Gasteiger partial charge is 0.352 e. The van der Waals surface area contributed by atoms with Crippen molar-refractivity contribution in [1.29, 1.82) is 0 Å². The van der Waals surface area contributed by atoms with Gasteiger partial charge in [0.2, 0.25) is 5.91 Å². The summed E-state index contributed by atoms with van der Waals surface area (Å²) in [5.74, 6) is 2.22. The van der Waals surface area contributed by atoms with Crippen molar-refractivity contribution in [3.8, 4) is 0 Å². The van der Waals surface area contributed by atoms with E-state index in [1.807, 2.05) is 25.6 Å². The standard InChI is InChI=1S/C11H24N2OS/c1-4-6-10(12)11(14)13-9(3)7-8-15-5-2/h9-10H,4-8,12H2,1-3H3,(H,13,14). The predicted molar refractivity (Wildman–Crippen MR) is 68.1 cm³/mol. The van der Waals surface area contributed by atoms with E-state index < -0.39 is 0 Å². The van der Waals surface area contributed by atoms with Crippen molar-refractivity contribution in [1.82, 2.24) is 5.32 Å². The molecule has 0 aromatic rings. The highest BCUT2D eigenvalue weighted by atomic mass is 32.2. The average molecular weight is 232 g/mol. The zero-order chi connectivity index (χ0) is 11.7. The summed E-state index contributed by atoms with van der Waals surface area (Å²) in [6.45, 7) is 6.21. The van der Waals surface area contributed by atoms with Gasteiger partial charge in [0.15, 0.2) is 0 Å². The van der Waals surface area contributed by atoms with Gasteiger partial charge in [0.1, 0.15) is 0 Å². The van der Waals surface area contributed by atoms with Crippen LogP contribution in [0, 0.1) is 0 Å². The van der Waals surface area contributed by atoms with Crippen molar-refractivity contribution in [3.63, 3.8) is 0 Å². The van der Waals surface area contributed by atoms with E-state index in [-0.39, 0.29) is 18.0 Å². The molecule has 2 unspecified atom stereocenters. The van der Waals surface area contributed by atoms with Crippen molar-refractivity contribution in [3.05, 3.63) is 0 Å². The van der Waals surface area contributed by atoms with Crippen molar-refractivity contribution < 1.29 is 4.79 Å². The molecule has 15 heavy (non-hydrogen) atoms. The predicted octanol–water partition coefficient (Wildman–Crippen LogP) is 1.76. The Morgan fingerprint density at radius 2 is 2.07 bits per heavy atom. The first-order valence-electron chi connectivity index (χ1n) is 5.75. The molecular weight excluding hydrogens is 208 g/mol. The summed E-state index contributed by atoms with van der Waals surface area (Å²) in [5.41, 5.74) is 5.71. The molecule has 0 heterocycles. The molecule has 4 heteroatoms. The van der Waals surface area contributed by atoms with Crippen LogP contribution >= 0.6 is 11.8 Å². The topological polar surface area (TPSA) is 55.1 Å². The Morgan fingerprint density at radius 1 is 1.40 bits per heavy atom. The van der Waals surface area contributed by atoms with Gasteiger partial charge in [-0.15, -0.1) is 0 Å². The van der Waals surface area contributed by atoms with Crippen LogP contribution in [0.25, 0.3) is 0 Å². The fourth-order valence-electron chi connectivity index (χ4n) is 1.27. The molecule has 3 nitrogen and oxygen atoms in total. The molecule has 1 amide bonds. The highest BCUT2D eigenvalue weighted by Crippen LogP contribution is 2.04. The lowest BCUT2D eigenvalue weighted by Gasteiger charge is -2.16. The van der Waals surface area contributed by atoms with Crippen LogP contribution in [0.5, 0.6) is 0 Å². The molecule has 0 aliphatic heterocycles. The maximum absolute atomic E-state index is 11.5. The van der Waals surface area contributed by atoms with Gasteiger partial charge in [-0.25, -0.2) is 0 Å². The van der Waals surface area contributed by atoms with Gasteiger partial charge in [0.05, 0.1) is 6.04 Å². The van der Waals surface area contributed by atoms with E-state index in [1.54, 1.807) is 0 Å². The molecule has 0 aliphatic rings. The van der Waals surface area contributed by atoms with Crippen LogP contribution in [0.3, 0.4) is 0 Å². The van der Waals surface area contributed by atoms with Gasteiger partial charge >= 0.3 is 0 Å². The van der Waals surface area contributed by atoms with Gasteiger partial charge in [0, 0.05) is 6.04 Å². The van der Waals surface area contributed by atoms with Crippen molar-refractivity contribution in [2.45, 2.75) is 52.1 Å². The molecule has 90 valence electrons. The molecule has 0 aliphatic carbocycles. The zero-order valence-electron chi connectivity index (χ0n) is 10.1. The zero-order valence-corrected chi connectivity index (χ0v) is 10.9. The van der Waals surface area contributed by atoms with Gasteiger partial charge in [-0.3, -0.25) is 4.79 Å². The molecule has 0 saturated carbocycles. The monoisotopic (exact) mass is 232 g/mol. The minimum Gasteiger partial charge on any atom is -0.352 e. The lowest BCUT2D eigenvalue weighted by molar-refractivity contribution is -0.123. The first-order valence-corrected chi connectivity index (χ1v) is 6.90. The van der Waals surface area contributed by atoms with Gasteiger partial charge in [0.25, 0.3) is 0 Å².